The highest BCUT2D eigenvalue weighted by atomic mass is 19.4. The van der Waals surface area contributed by atoms with Gasteiger partial charge in [0.15, 0.2) is 0 Å². The van der Waals surface area contributed by atoms with Crippen molar-refractivity contribution >= 4 is 0 Å². The molecule has 3 rings (SSSR count). The van der Waals surface area contributed by atoms with Crippen LogP contribution in [0.4, 0.5) is 13.2 Å². The second kappa shape index (κ2) is 14.0. The highest BCUT2D eigenvalue weighted by molar-refractivity contribution is 5.33. The predicted octanol–water partition coefficient (Wildman–Crippen LogP) is 7.40. The van der Waals surface area contributed by atoms with E-state index in [0.717, 1.165) is 29.2 Å². The number of benzene rings is 3. The Bertz CT molecular complexity index is 865. The molecule has 3 nitrogen and oxygen atoms in total. The minimum Gasteiger partial charge on any atom is -0.497 e. The van der Waals surface area contributed by atoms with Gasteiger partial charge in [0.05, 0.1) is 19.3 Å². The SMILES string of the molecule is CC.CCOc1cccc(OCc2ccccc2)c1.COc1cccc(C(F)(F)F)c1. The van der Waals surface area contributed by atoms with Crippen LogP contribution in [0.3, 0.4) is 0 Å². The molecule has 0 spiro atoms. The molecule has 0 fully saturated rings. The predicted molar refractivity (Wildman–Crippen MR) is 118 cm³/mol. The van der Waals surface area contributed by atoms with Gasteiger partial charge < -0.3 is 14.2 Å². The molecule has 0 unspecified atom stereocenters. The zero-order valence-electron chi connectivity index (χ0n) is 18.3. The van der Waals surface area contributed by atoms with E-state index in [1.165, 1.54) is 19.2 Å². The summed E-state index contributed by atoms with van der Waals surface area (Å²) < 4.78 is 51.9. The van der Waals surface area contributed by atoms with Gasteiger partial charge in [-0.05, 0) is 42.8 Å². The average molecular weight is 434 g/mol. The zero-order valence-corrected chi connectivity index (χ0v) is 18.3. The van der Waals surface area contributed by atoms with Crippen LogP contribution < -0.4 is 14.2 Å². The molecule has 31 heavy (non-hydrogen) atoms. The molecule has 0 radical (unpaired) electrons. The number of rotatable bonds is 6. The van der Waals surface area contributed by atoms with E-state index in [2.05, 4.69) is 4.74 Å². The topological polar surface area (TPSA) is 27.7 Å². The van der Waals surface area contributed by atoms with E-state index in [0.29, 0.717) is 13.2 Å². The fourth-order valence-electron chi connectivity index (χ4n) is 2.36. The van der Waals surface area contributed by atoms with E-state index in [1.54, 1.807) is 0 Å². The molecule has 0 amide bonds. The van der Waals surface area contributed by atoms with Crippen molar-refractivity contribution in [2.24, 2.45) is 0 Å². The monoisotopic (exact) mass is 434 g/mol. The third-order valence-corrected chi connectivity index (χ3v) is 3.76. The van der Waals surface area contributed by atoms with Gasteiger partial charge in [-0.15, -0.1) is 0 Å². The van der Waals surface area contributed by atoms with E-state index in [-0.39, 0.29) is 5.75 Å². The van der Waals surface area contributed by atoms with Crippen LogP contribution in [0.15, 0.2) is 78.9 Å². The van der Waals surface area contributed by atoms with Crippen LogP contribution in [0.25, 0.3) is 0 Å². The third kappa shape index (κ3) is 9.94. The Morgan fingerprint density at radius 2 is 1.29 bits per heavy atom. The first kappa shape index (κ1) is 25.9. The molecule has 0 N–H and O–H groups in total. The maximum absolute atomic E-state index is 12.0. The summed E-state index contributed by atoms with van der Waals surface area (Å²) in [6.07, 6.45) is -4.30. The van der Waals surface area contributed by atoms with Crippen molar-refractivity contribution in [1.82, 2.24) is 0 Å². The Balaban J connectivity index is 0.000000303. The fourth-order valence-corrected chi connectivity index (χ4v) is 2.36. The standard InChI is InChI=1S/C15H16O2.C8H7F3O.C2H6/c1-2-16-14-9-6-10-15(11-14)17-12-13-7-4-3-5-8-13;1-12-7-4-2-3-6(5-7)8(9,10)11;1-2/h3-11H,2,12H2,1H3;2-5H,1H3;1-2H3. The van der Waals surface area contributed by atoms with Crippen molar-refractivity contribution in [3.05, 3.63) is 90.0 Å². The quantitative estimate of drug-likeness (QED) is 0.404. The number of hydrogen-bond donors (Lipinski definition) is 0. The molecule has 0 saturated heterocycles. The van der Waals surface area contributed by atoms with Gasteiger partial charge in [-0.1, -0.05) is 56.3 Å². The molecule has 0 aromatic heterocycles. The van der Waals surface area contributed by atoms with E-state index >= 15 is 0 Å². The Morgan fingerprint density at radius 1 is 0.710 bits per heavy atom. The summed E-state index contributed by atoms with van der Waals surface area (Å²) in [5.74, 6) is 1.89. The number of ether oxygens (including phenoxy) is 3. The van der Waals surface area contributed by atoms with E-state index in [4.69, 9.17) is 9.47 Å². The van der Waals surface area contributed by atoms with Gasteiger partial charge in [0.1, 0.15) is 23.9 Å². The number of halogens is 3. The Hall–Kier alpha value is -3.15. The molecule has 0 saturated carbocycles. The van der Waals surface area contributed by atoms with Crippen LogP contribution >= 0.6 is 0 Å². The highest BCUT2D eigenvalue weighted by Crippen LogP contribution is 2.31. The molecule has 0 atom stereocenters. The van der Waals surface area contributed by atoms with Gasteiger partial charge >= 0.3 is 6.18 Å². The average Bonchev–Trinajstić information content (AvgIpc) is 2.80. The first-order chi connectivity index (χ1) is 14.9. The molecule has 0 heterocycles. The molecule has 0 bridgehead atoms. The van der Waals surface area contributed by atoms with Gasteiger partial charge in [-0.2, -0.15) is 13.2 Å². The summed E-state index contributed by atoms with van der Waals surface area (Å²) in [5.41, 5.74) is 0.469. The second-order valence-corrected chi connectivity index (χ2v) is 5.91. The van der Waals surface area contributed by atoms with Gasteiger partial charge in [-0.3, -0.25) is 0 Å². The third-order valence-electron chi connectivity index (χ3n) is 3.76. The maximum Gasteiger partial charge on any atom is 0.416 e. The van der Waals surface area contributed by atoms with E-state index in [1.807, 2.05) is 75.4 Å². The van der Waals surface area contributed by atoms with Crippen molar-refractivity contribution in [2.75, 3.05) is 13.7 Å². The smallest absolute Gasteiger partial charge is 0.416 e. The number of alkyl halides is 3. The molecule has 0 aliphatic heterocycles. The van der Waals surface area contributed by atoms with Crippen LogP contribution in [-0.2, 0) is 12.8 Å². The normalized spacial score (nSPS) is 10.0. The molecule has 6 heteroatoms. The lowest BCUT2D eigenvalue weighted by Gasteiger charge is -2.08. The molecule has 168 valence electrons. The van der Waals surface area contributed by atoms with Crippen LogP contribution in [0.2, 0.25) is 0 Å². The summed E-state index contributed by atoms with van der Waals surface area (Å²) in [4.78, 5) is 0. The van der Waals surface area contributed by atoms with Gasteiger partial charge in [0.2, 0.25) is 0 Å². The van der Waals surface area contributed by atoms with Crippen molar-refractivity contribution in [3.63, 3.8) is 0 Å². The van der Waals surface area contributed by atoms with Crippen LogP contribution in [0, 0.1) is 0 Å². The summed E-state index contributed by atoms with van der Waals surface area (Å²) in [6, 6.07) is 22.6. The summed E-state index contributed by atoms with van der Waals surface area (Å²) in [5, 5.41) is 0. The molecule has 0 aliphatic rings. The van der Waals surface area contributed by atoms with Crippen LogP contribution in [0.5, 0.6) is 17.2 Å². The van der Waals surface area contributed by atoms with E-state index in [9.17, 15) is 13.2 Å². The first-order valence-corrected chi connectivity index (χ1v) is 10.0. The molecule has 0 aliphatic carbocycles. The minimum absolute atomic E-state index is 0.213. The van der Waals surface area contributed by atoms with Crippen molar-refractivity contribution in [1.29, 1.82) is 0 Å². The van der Waals surface area contributed by atoms with Gasteiger partial charge in [0.25, 0.3) is 0 Å². The van der Waals surface area contributed by atoms with Crippen LogP contribution in [0.1, 0.15) is 31.9 Å². The van der Waals surface area contributed by atoms with Gasteiger partial charge in [0, 0.05) is 6.07 Å². The Labute approximate surface area is 182 Å². The summed E-state index contributed by atoms with van der Waals surface area (Å²) in [7, 11) is 1.33. The lowest BCUT2D eigenvalue weighted by atomic mass is 10.2. The Morgan fingerprint density at radius 3 is 1.87 bits per heavy atom. The van der Waals surface area contributed by atoms with Crippen LogP contribution in [-0.4, -0.2) is 13.7 Å². The van der Waals surface area contributed by atoms with Crippen molar-refractivity contribution < 1.29 is 27.4 Å². The van der Waals surface area contributed by atoms with Crippen molar-refractivity contribution in [3.8, 4) is 17.2 Å². The first-order valence-electron chi connectivity index (χ1n) is 10.0. The number of hydrogen-bond acceptors (Lipinski definition) is 3. The molecular weight excluding hydrogens is 405 g/mol. The summed E-state index contributed by atoms with van der Waals surface area (Å²) >= 11 is 0. The van der Waals surface area contributed by atoms with Gasteiger partial charge in [-0.25, -0.2) is 0 Å². The lowest BCUT2D eigenvalue weighted by molar-refractivity contribution is -0.137. The highest BCUT2D eigenvalue weighted by Gasteiger charge is 2.30. The summed E-state index contributed by atoms with van der Waals surface area (Å²) in [6.45, 7) is 7.22. The minimum atomic E-state index is -4.30. The Kier molecular flexibility index (Phi) is 11.7. The lowest BCUT2D eigenvalue weighted by Crippen LogP contribution is -2.04. The van der Waals surface area contributed by atoms with E-state index < -0.39 is 11.7 Å². The van der Waals surface area contributed by atoms with Crippen molar-refractivity contribution in [2.45, 2.75) is 33.6 Å². The largest absolute Gasteiger partial charge is 0.497 e. The number of methoxy groups -OCH3 is 1. The maximum atomic E-state index is 12.0. The molecular formula is C25H29F3O3. The molecule has 3 aromatic rings. The molecule has 3 aromatic carbocycles. The zero-order chi connectivity index (χ0) is 23.1. The fraction of sp³-hybridized carbons (Fsp3) is 0.280. The second-order valence-electron chi connectivity index (χ2n) is 5.91.